The molecule has 2 aromatic heterocycles. The summed E-state index contributed by atoms with van der Waals surface area (Å²) >= 11 is 0. The highest BCUT2D eigenvalue weighted by Crippen LogP contribution is 2.20. The molecule has 1 N–H and O–H groups in total. The Labute approximate surface area is 143 Å². The van der Waals surface area contributed by atoms with Crippen molar-refractivity contribution in [3.05, 3.63) is 52.4 Å². The molecule has 24 heavy (non-hydrogen) atoms. The van der Waals surface area contributed by atoms with Crippen LogP contribution in [0.2, 0.25) is 0 Å². The van der Waals surface area contributed by atoms with Crippen molar-refractivity contribution >= 4 is 5.91 Å². The zero-order chi connectivity index (χ0) is 17.3. The third-order valence-corrected chi connectivity index (χ3v) is 4.55. The molecule has 1 aliphatic rings. The van der Waals surface area contributed by atoms with Gasteiger partial charge in [-0.2, -0.15) is 0 Å². The van der Waals surface area contributed by atoms with Gasteiger partial charge in [0.1, 0.15) is 5.82 Å². The van der Waals surface area contributed by atoms with Gasteiger partial charge in [0.05, 0.1) is 11.3 Å². The van der Waals surface area contributed by atoms with Gasteiger partial charge in [-0.25, -0.2) is 9.97 Å². The number of rotatable bonds is 3. The maximum Gasteiger partial charge on any atom is 0.253 e. The van der Waals surface area contributed by atoms with Gasteiger partial charge in [0.2, 0.25) is 0 Å². The summed E-state index contributed by atoms with van der Waals surface area (Å²) < 4.78 is 0. The Morgan fingerprint density at radius 1 is 1.25 bits per heavy atom. The molecule has 126 valence electrons. The van der Waals surface area contributed by atoms with E-state index in [0.29, 0.717) is 11.5 Å². The fourth-order valence-electron chi connectivity index (χ4n) is 3.14. The second-order valence-corrected chi connectivity index (χ2v) is 6.83. The number of aromatic nitrogens is 3. The summed E-state index contributed by atoms with van der Waals surface area (Å²) in [5, 5.41) is 3.15. The molecule has 2 heterocycles. The molecule has 1 aliphatic carbocycles. The van der Waals surface area contributed by atoms with Gasteiger partial charge in [0.15, 0.2) is 0 Å². The van der Waals surface area contributed by atoms with Crippen LogP contribution in [0, 0.1) is 13.8 Å². The minimum Gasteiger partial charge on any atom is -0.349 e. The van der Waals surface area contributed by atoms with E-state index in [4.69, 9.17) is 0 Å². The Hall–Kier alpha value is -2.30. The summed E-state index contributed by atoms with van der Waals surface area (Å²) in [6, 6.07) is 3.95. The van der Waals surface area contributed by atoms with E-state index in [0.717, 1.165) is 47.7 Å². The largest absolute Gasteiger partial charge is 0.349 e. The van der Waals surface area contributed by atoms with Crippen LogP contribution in [0.3, 0.4) is 0 Å². The second-order valence-electron chi connectivity index (χ2n) is 6.83. The fourth-order valence-corrected chi connectivity index (χ4v) is 3.14. The van der Waals surface area contributed by atoms with Crippen molar-refractivity contribution in [2.45, 2.75) is 58.9 Å². The van der Waals surface area contributed by atoms with Crippen molar-refractivity contribution in [3.8, 4) is 0 Å². The number of aryl methyl sites for hydroxylation is 3. The molecule has 0 saturated carbocycles. The molecule has 0 saturated heterocycles. The van der Waals surface area contributed by atoms with E-state index in [1.54, 1.807) is 0 Å². The number of hydrogen-bond acceptors (Lipinski definition) is 4. The third-order valence-electron chi connectivity index (χ3n) is 4.55. The number of pyridine rings is 1. The van der Waals surface area contributed by atoms with Crippen LogP contribution in [0.1, 0.15) is 65.0 Å². The van der Waals surface area contributed by atoms with Crippen molar-refractivity contribution in [1.82, 2.24) is 20.3 Å². The third kappa shape index (κ3) is 3.45. The van der Waals surface area contributed by atoms with Crippen molar-refractivity contribution in [3.63, 3.8) is 0 Å². The molecule has 0 bridgehead atoms. The number of amides is 1. The van der Waals surface area contributed by atoms with Crippen molar-refractivity contribution in [2.75, 3.05) is 0 Å². The van der Waals surface area contributed by atoms with E-state index in [1.807, 2.05) is 32.2 Å². The first kappa shape index (κ1) is 16.6. The van der Waals surface area contributed by atoms with E-state index < -0.39 is 0 Å². The summed E-state index contributed by atoms with van der Waals surface area (Å²) in [5.41, 5.74) is 4.72. The van der Waals surface area contributed by atoms with Crippen LogP contribution in [-0.2, 0) is 12.8 Å². The molecular weight excluding hydrogens is 300 g/mol. The van der Waals surface area contributed by atoms with Crippen LogP contribution in [0.15, 0.2) is 18.3 Å². The minimum atomic E-state index is -0.0446. The lowest BCUT2D eigenvalue weighted by Crippen LogP contribution is -2.39. The number of nitrogens with one attached hydrogen (secondary N) is 1. The summed E-state index contributed by atoms with van der Waals surface area (Å²) in [7, 11) is 0. The molecule has 1 amide bonds. The zero-order valence-corrected chi connectivity index (χ0v) is 14.8. The maximum absolute atomic E-state index is 12.6. The summed E-state index contributed by atoms with van der Waals surface area (Å²) in [5.74, 6) is 1.12. The van der Waals surface area contributed by atoms with Crippen LogP contribution in [0.25, 0.3) is 0 Å². The van der Waals surface area contributed by atoms with E-state index in [1.165, 1.54) is 0 Å². The van der Waals surface area contributed by atoms with Crippen molar-refractivity contribution in [1.29, 1.82) is 0 Å². The molecule has 0 radical (unpaired) electrons. The summed E-state index contributed by atoms with van der Waals surface area (Å²) in [6.45, 7) is 8.01. The second kappa shape index (κ2) is 6.67. The van der Waals surface area contributed by atoms with Crippen LogP contribution >= 0.6 is 0 Å². The molecule has 0 fully saturated rings. The minimum absolute atomic E-state index is 0.0446. The molecule has 0 aliphatic heterocycles. The average molecular weight is 324 g/mol. The Kier molecular flexibility index (Phi) is 4.60. The number of fused-ring (bicyclic) bond motifs is 1. The topological polar surface area (TPSA) is 67.8 Å². The summed E-state index contributed by atoms with van der Waals surface area (Å²) in [4.78, 5) is 25.9. The lowest BCUT2D eigenvalue weighted by Gasteiger charge is -2.25. The Morgan fingerprint density at radius 3 is 2.75 bits per heavy atom. The first-order chi connectivity index (χ1) is 11.4. The van der Waals surface area contributed by atoms with Gasteiger partial charge in [-0.3, -0.25) is 9.78 Å². The smallest absolute Gasteiger partial charge is 0.253 e. The van der Waals surface area contributed by atoms with Gasteiger partial charge in [-0.1, -0.05) is 13.8 Å². The number of nitrogens with zero attached hydrogens (tertiary/aromatic N) is 3. The molecule has 1 unspecified atom stereocenters. The van der Waals surface area contributed by atoms with Crippen molar-refractivity contribution < 1.29 is 4.79 Å². The molecule has 0 aromatic carbocycles. The number of carbonyl (C=O) groups is 1. The maximum atomic E-state index is 12.6. The Bertz CT molecular complexity index is 770. The highest BCUT2D eigenvalue weighted by atomic mass is 16.1. The molecule has 5 nitrogen and oxygen atoms in total. The summed E-state index contributed by atoms with van der Waals surface area (Å²) in [6.07, 6.45) is 4.47. The van der Waals surface area contributed by atoms with E-state index in [9.17, 15) is 4.79 Å². The average Bonchev–Trinajstić information content (AvgIpc) is 2.54. The van der Waals surface area contributed by atoms with Crippen LogP contribution < -0.4 is 5.32 Å². The van der Waals surface area contributed by atoms with Crippen LogP contribution in [0.5, 0.6) is 0 Å². The predicted octanol–water partition coefficient (Wildman–Crippen LogP) is 2.90. The fraction of sp³-hybridized carbons (Fsp3) is 0.474. The molecule has 2 aromatic rings. The number of carbonyl (C=O) groups excluding carboxylic acids is 1. The van der Waals surface area contributed by atoms with E-state index in [2.05, 4.69) is 34.1 Å². The van der Waals surface area contributed by atoms with Gasteiger partial charge in [-0.15, -0.1) is 0 Å². The van der Waals surface area contributed by atoms with Gasteiger partial charge in [0, 0.05) is 23.6 Å². The monoisotopic (exact) mass is 324 g/mol. The highest BCUT2D eigenvalue weighted by Gasteiger charge is 2.23. The van der Waals surface area contributed by atoms with E-state index in [-0.39, 0.29) is 11.9 Å². The van der Waals surface area contributed by atoms with Crippen LogP contribution in [-0.4, -0.2) is 26.9 Å². The Morgan fingerprint density at radius 2 is 2.04 bits per heavy atom. The normalized spacial score (nSPS) is 16.8. The molecule has 0 spiro atoms. The number of hydrogen-bond donors (Lipinski definition) is 1. The first-order valence-corrected chi connectivity index (χ1v) is 8.54. The SMILES string of the molecule is Cc1ncc2c(n1)CCC(NC(=O)c1ccc(C(C)C)nc1C)C2. The molecule has 5 heteroatoms. The van der Waals surface area contributed by atoms with Crippen LogP contribution in [0.4, 0.5) is 0 Å². The standard InChI is InChI=1S/C19H24N4O/c1-11(2)17-8-6-16(12(3)21-17)19(24)23-15-5-7-18-14(9-15)10-20-13(4)22-18/h6,8,10-11,15H,5,7,9H2,1-4H3,(H,23,24). The Balaban J connectivity index is 1.71. The molecule has 1 atom stereocenters. The van der Waals surface area contributed by atoms with Gasteiger partial charge in [0.25, 0.3) is 5.91 Å². The first-order valence-electron chi connectivity index (χ1n) is 8.54. The van der Waals surface area contributed by atoms with Gasteiger partial charge < -0.3 is 5.32 Å². The molecule has 3 rings (SSSR count). The quantitative estimate of drug-likeness (QED) is 0.942. The van der Waals surface area contributed by atoms with Crippen molar-refractivity contribution in [2.24, 2.45) is 0 Å². The van der Waals surface area contributed by atoms with Gasteiger partial charge >= 0.3 is 0 Å². The zero-order valence-electron chi connectivity index (χ0n) is 14.8. The lowest BCUT2D eigenvalue weighted by molar-refractivity contribution is 0.0932. The molecular formula is C19H24N4O. The highest BCUT2D eigenvalue weighted by molar-refractivity contribution is 5.95. The van der Waals surface area contributed by atoms with E-state index >= 15 is 0 Å². The lowest BCUT2D eigenvalue weighted by atomic mass is 9.92. The van der Waals surface area contributed by atoms with Gasteiger partial charge in [-0.05, 0) is 56.7 Å². The predicted molar refractivity (Wildman–Crippen MR) is 93.1 cm³/mol.